The molecule has 0 fully saturated rings. The van der Waals surface area contributed by atoms with E-state index in [0.29, 0.717) is 5.82 Å². The normalized spacial score (nSPS) is 20.3. The van der Waals surface area contributed by atoms with Gasteiger partial charge in [0, 0.05) is 24.7 Å². The molecule has 0 radical (unpaired) electrons. The number of aryl methyl sites for hydroxylation is 1. The first-order valence-electron chi connectivity index (χ1n) is 9.42. The van der Waals surface area contributed by atoms with Crippen molar-refractivity contribution >= 4 is 23.3 Å². The van der Waals surface area contributed by atoms with Crippen molar-refractivity contribution in [3.63, 3.8) is 0 Å². The van der Waals surface area contributed by atoms with E-state index in [0.717, 1.165) is 34.5 Å². The van der Waals surface area contributed by atoms with E-state index in [1.165, 1.54) is 0 Å². The summed E-state index contributed by atoms with van der Waals surface area (Å²) in [6.07, 6.45) is 2.66. The summed E-state index contributed by atoms with van der Waals surface area (Å²) >= 11 is 0. The maximum Gasteiger partial charge on any atom is 0.242 e. The molecule has 2 aromatic carbocycles. The first-order valence-corrected chi connectivity index (χ1v) is 9.42. The second kappa shape index (κ2) is 5.79. The number of aromatic nitrogens is 2. The van der Waals surface area contributed by atoms with Crippen molar-refractivity contribution in [2.75, 3.05) is 17.3 Å². The molecule has 0 aliphatic carbocycles. The van der Waals surface area contributed by atoms with Gasteiger partial charge in [-0.2, -0.15) is 5.10 Å². The van der Waals surface area contributed by atoms with E-state index in [4.69, 9.17) is 0 Å². The SMILES string of the molecule is CCc1ccccc1-n1ncc2c1NC(=O)C[C@]21C(=O)N(C)c2ccccc21. The molecule has 2 amide bonds. The third-order valence-electron chi connectivity index (χ3n) is 5.91. The predicted molar refractivity (Wildman–Crippen MR) is 107 cm³/mol. The van der Waals surface area contributed by atoms with Gasteiger partial charge in [-0.1, -0.05) is 43.3 Å². The number of carbonyl (C=O) groups is 2. The molecule has 140 valence electrons. The maximum absolute atomic E-state index is 13.4. The van der Waals surface area contributed by atoms with Crippen LogP contribution in [-0.2, 0) is 21.4 Å². The average molecular weight is 372 g/mol. The van der Waals surface area contributed by atoms with E-state index in [1.807, 2.05) is 48.5 Å². The van der Waals surface area contributed by atoms with Gasteiger partial charge in [0.05, 0.1) is 11.9 Å². The average Bonchev–Trinajstić information content (AvgIpc) is 3.23. The summed E-state index contributed by atoms with van der Waals surface area (Å²) in [7, 11) is 1.76. The monoisotopic (exact) mass is 372 g/mol. The molecule has 1 spiro atoms. The van der Waals surface area contributed by atoms with Crippen LogP contribution >= 0.6 is 0 Å². The topological polar surface area (TPSA) is 67.2 Å². The van der Waals surface area contributed by atoms with E-state index >= 15 is 0 Å². The summed E-state index contributed by atoms with van der Waals surface area (Å²) < 4.78 is 1.75. The summed E-state index contributed by atoms with van der Waals surface area (Å²) in [6, 6.07) is 15.7. The Hall–Kier alpha value is -3.41. The smallest absolute Gasteiger partial charge is 0.242 e. The van der Waals surface area contributed by atoms with Crippen LogP contribution in [0, 0.1) is 0 Å². The second-order valence-electron chi connectivity index (χ2n) is 7.31. The van der Waals surface area contributed by atoms with Gasteiger partial charge in [-0.3, -0.25) is 9.59 Å². The van der Waals surface area contributed by atoms with Crippen LogP contribution in [0.1, 0.15) is 30.0 Å². The Morgan fingerprint density at radius 2 is 1.75 bits per heavy atom. The molecule has 1 aromatic heterocycles. The number of nitrogens with zero attached hydrogens (tertiary/aromatic N) is 3. The highest BCUT2D eigenvalue weighted by Crippen LogP contribution is 2.51. The van der Waals surface area contributed by atoms with Gasteiger partial charge in [0.15, 0.2) is 0 Å². The van der Waals surface area contributed by atoms with Gasteiger partial charge in [0.25, 0.3) is 0 Å². The summed E-state index contributed by atoms with van der Waals surface area (Å²) in [5.74, 6) is 0.311. The summed E-state index contributed by atoms with van der Waals surface area (Å²) in [5.41, 5.74) is 3.47. The molecule has 2 aliphatic heterocycles. The Balaban J connectivity index is 1.79. The Kier molecular flexibility index (Phi) is 3.46. The molecule has 1 N–H and O–H groups in total. The molecule has 0 saturated heterocycles. The fraction of sp³-hybridized carbons (Fsp3) is 0.227. The Morgan fingerprint density at radius 3 is 2.54 bits per heavy atom. The number of rotatable bonds is 2. The Labute approximate surface area is 162 Å². The number of amides is 2. The molecule has 6 heteroatoms. The van der Waals surface area contributed by atoms with E-state index in [9.17, 15) is 9.59 Å². The van der Waals surface area contributed by atoms with Crippen molar-refractivity contribution in [3.8, 4) is 5.69 Å². The van der Waals surface area contributed by atoms with E-state index in [1.54, 1.807) is 22.8 Å². The lowest BCUT2D eigenvalue weighted by molar-refractivity contribution is -0.126. The lowest BCUT2D eigenvalue weighted by atomic mass is 9.72. The fourth-order valence-corrected chi connectivity index (χ4v) is 4.56. The van der Waals surface area contributed by atoms with E-state index < -0.39 is 5.41 Å². The highest BCUT2D eigenvalue weighted by molar-refractivity contribution is 6.15. The van der Waals surface area contributed by atoms with E-state index in [2.05, 4.69) is 17.3 Å². The predicted octanol–water partition coefficient (Wildman–Crippen LogP) is 3.04. The van der Waals surface area contributed by atoms with Gasteiger partial charge < -0.3 is 10.2 Å². The minimum atomic E-state index is -1.03. The van der Waals surface area contributed by atoms with Crippen LogP contribution in [-0.4, -0.2) is 28.6 Å². The molecule has 1 atom stereocenters. The molecule has 0 bridgehead atoms. The molecule has 5 rings (SSSR count). The zero-order valence-corrected chi connectivity index (χ0v) is 15.8. The zero-order valence-electron chi connectivity index (χ0n) is 15.8. The number of para-hydroxylation sites is 2. The molecule has 0 saturated carbocycles. The third kappa shape index (κ3) is 2.00. The Morgan fingerprint density at radius 1 is 1.04 bits per heavy atom. The highest BCUT2D eigenvalue weighted by Gasteiger charge is 2.56. The number of carbonyl (C=O) groups excluding carboxylic acids is 2. The molecular weight excluding hydrogens is 352 g/mol. The number of likely N-dealkylation sites (N-methyl/N-ethyl adjacent to an activating group) is 1. The molecule has 3 aromatic rings. The number of anilines is 2. The quantitative estimate of drug-likeness (QED) is 0.752. The molecule has 0 unspecified atom stereocenters. The molecule has 2 aliphatic rings. The van der Waals surface area contributed by atoms with Crippen molar-refractivity contribution in [1.29, 1.82) is 0 Å². The largest absolute Gasteiger partial charge is 0.314 e. The van der Waals surface area contributed by atoms with Crippen molar-refractivity contribution in [2.24, 2.45) is 0 Å². The molecule has 28 heavy (non-hydrogen) atoms. The third-order valence-corrected chi connectivity index (χ3v) is 5.91. The minimum absolute atomic E-state index is 0.0846. The fourth-order valence-electron chi connectivity index (χ4n) is 4.56. The van der Waals surface area contributed by atoms with Crippen molar-refractivity contribution in [3.05, 3.63) is 71.4 Å². The van der Waals surface area contributed by atoms with Crippen LogP contribution in [0.4, 0.5) is 11.5 Å². The number of benzene rings is 2. The van der Waals surface area contributed by atoms with Crippen molar-refractivity contribution in [1.82, 2.24) is 9.78 Å². The first kappa shape index (κ1) is 16.7. The van der Waals surface area contributed by atoms with Crippen molar-refractivity contribution in [2.45, 2.75) is 25.2 Å². The Bertz CT molecular complexity index is 1130. The molecule has 6 nitrogen and oxygen atoms in total. The lowest BCUT2D eigenvalue weighted by Gasteiger charge is -2.32. The van der Waals surface area contributed by atoms with Gasteiger partial charge >= 0.3 is 0 Å². The van der Waals surface area contributed by atoms with Gasteiger partial charge in [-0.05, 0) is 29.7 Å². The van der Waals surface area contributed by atoms with Crippen LogP contribution in [0.15, 0.2) is 54.7 Å². The molecule has 3 heterocycles. The lowest BCUT2D eigenvalue weighted by Crippen LogP contribution is -2.45. The standard InChI is InChI=1S/C22H20N4O2/c1-3-14-8-4-6-10-17(14)26-20-16(13-23-26)22(12-19(27)24-20)15-9-5-7-11-18(15)25(2)21(22)28/h4-11,13H,3,12H2,1-2H3,(H,24,27)/t22-/m1/s1. The number of nitrogens with one attached hydrogen (secondary N) is 1. The second-order valence-corrected chi connectivity index (χ2v) is 7.31. The van der Waals surface area contributed by atoms with Crippen molar-refractivity contribution < 1.29 is 9.59 Å². The minimum Gasteiger partial charge on any atom is -0.314 e. The summed E-state index contributed by atoms with van der Waals surface area (Å²) in [4.78, 5) is 27.8. The van der Waals surface area contributed by atoms with Crippen LogP contribution < -0.4 is 10.2 Å². The zero-order chi connectivity index (χ0) is 19.5. The number of hydrogen-bond donors (Lipinski definition) is 1. The van der Waals surface area contributed by atoms with Crippen LogP contribution in [0.25, 0.3) is 5.69 Å². The summed E-state index contributed by atoms with van der Waals surface area (Å²) in [5, 5.41) is 7.56. The van der Waals surface area contributed by atoms with Gasteiger partial charge in [-0.15, -0.1) is 0 Å². The van der Waals surface area contributed by atoms with E-state index in [-0.39, 0.29) is 18.2 Å². The first-order chi connectivity index (χ1) is 13.6. The van der Waals surface area contributed by atoms with Crippen LogP contribution in [0.2, 0.25) is 0 Å². The number of hydrogen-bond acceptors (Lipinski definition) is 3. The van der Waals surface area contributed by atoms with Crippen LogP contribution in [0.5, 0.6) is 0 Å². The van der Waals surface area contributed by atoms with Gasteiger partial charge in [0.2, 0.25) is 11.8 Å². The highest BCUT2D eigenvalue weighted by atomic mass is 16.2. The number of fused-ring (bicyclic) bond motifs is 4. The van der Waals surface area contributed by atoms with Crippen LogP contribution in [0.3, 0.4) is 0 Å². The molecular formula is C22H20N4O2. The summed E-state index contributed by atoms with van der Waals surface area (Å²) in [6.45, 7) is 2.08. The maximum atomic E-state index is 13.4. The van der Waals surface area contributed by atoms with Gasteiger partial charge in [-0.25, -0.2) is 4.68 Å². The van der Waals surface area contributed by atoms with Gasteiger partial charge in [0.1, 0.15) is 11.2 Å².